The van der Waals surface area contributed by atoms with E-state index < -0.39 is 0 Å². The summed E-state index contributed by atoms with van der Waals surface area (Å²) in [5, 5.41) is 0. The van der Waals surface area contributed by atoms with Gasteiger partial charge >= 0.3 is 0 Å². The summed E-state index contributed by atoms with van der Waals surface area (Å²) in [6.07, 6.45) is 7.74. The van der Waals surface area contributed by atoms with Crippen LogP contribution in [0.3, 0.4) is 0 Å². The molecule has 0 aliphatic carbocycles. The first-order valence-electron chi connectivity index (χ1n) is 10.7. The molecule has 1 saturated heterocycles. The number of nitrogens with zero attached hydrogens (tertiary/aromatic N) is 3. The van der Waals surface area contributed by atoms with Crippen molar-refractivity contribution in [1.29, 1.82) is 0 Å². The highest BCUT2D eigenvalue weighted by Crippen LogP contribution is 2.24. The minimum absolute atomic E-state index is 0.524. The fraction of sp³-hybridized carbons (Fsp3) is 0.583. The summed E-state index contributed by atoms with van der Waals surface area (Å²) in [6, 6.07) is 9.26. The van der Waals surface area contributed by atoms with Crippen LogP contribution in [0.15, 0.2) is 36.7 Å². The summed E-state index contributed by atoms with van der Waals surface area (Å²) in [5.74, 6) is 2.13. The number of likely N-dealkylation sites (tertiary alicyclic amines) is 1. The summed E-state index contributed by atoms with van der Waals surface area (Å²) in [5.41, 5.74) is 3.72. The highest BCUT2D eigenvalue weighted by Gasteiger charge is 2.21. The van der Waals surface area contributed by atoms with Crippen molar-refractivity contribution in [2.24, 2.45) is 5.92 Å². The molecule has 3 nitrogen and oxygen atoms in total. The standard InChI is InChI=1S/C22H31N3.C2H6/c1-16(2)20-6-5-7-21(13-20)22-23-14-19(15-24-22)12-18-8-10-25(11-9-18)17(3)4;1-2/h5-7,13-18H,8-12H2,1-4H3;1-2H3. The zero-order valence-electron chi connectivity index (χ0n) is 18.1. The maximum atomic E-state index is 4.64. The largest absolute Gasteiger partial charge is 0.301 e. The van der Waals surface area contributed by atoms with Crippen molar-refractivity contribution < 1.29 is 0 Å². The molecule has 3 rings (SSSR count). The molecule has 0 saturated carbocycles. The van der Waals surface area contributed by atoms with Gasteiger partial charge in [-0.25, -0.2) is 9.97 Å². The Hall–Kier alpha value is -1.74. The monoisotopic (exact) mass is 367 g/mol. The van der Waals surface area contributed by atoms with E-state index in [1.807, 2.05) is 26.2 Å². The highest BCUT2D eigenvalue weighted by molar-refractivity contribution is 5.56. The van der Waals surface area contributed by atoms with Gasteiger partial charge < -0.3 is 4.90 Å². The molecule has 1 aliphatic rings. The molecule has 1 aromatic heterocycles. The Bertz CT molecular complexity index is 668. The molecule has 0 amide bonds. The molecule has 0 radical (unpaired) electrons. The van der Waals surface area contributed by atoms with E-state index in [1.54, 1.807) is 0 Å². The van der Waals surface area contributed by atoms with Crippen molar-refractivity contribution in [3.05, 3.63) is 47.8 Å². The van der Waals surface area contributed by atoms with Crippen molar-refractivity contribution in [3.63, 3.8) is 0 Å². The Kier molecular flexibility index (Phi) is 8.43. The van der Waals surface area contributed by atoms with Crippen molar-refractivity contribution in [1.82, 2.24) is 14.9 Å². The molecule has 1 fully saturated rings. The van der Waals surface area contributed by atoms with E-state index in [2.05, 4.69) is 66.8 Å². The Labute approximate surface area is 166 Å². The van der Waals surface area contributed by atoms with Gasteiger partial charge in [0.1, 0.15) is 0 Å². The topological polar surface area (TPSA) is 29.0 Å². The second-order valence-corrected chi connectivity index (χ2v) is 7.97. The summed E-state index contributed by atoms with van der Waals surface area (Å²) < 4.78 is 0. The third-order valence-corrected chi connectivity index (χ3v) is 5.42. The van der Waals surface area contributed by atoms with Crippen LogP contribution in [0, 0.1) is 5.92 Å². The van der Waals surface area contributed by atoms with Gasteiger partial charge in [-0.1, -0.05) is 45.9 Å². The van der Waals surface area contributed by atoms with Crippen LogP contribution in [-0.2, 0) is 6.42 Å². The van der Waals surface area contributed by atoms with Crippen LogP contribution in [0.4, 0.5) is 0 Å². The lowest BCUT2D eigenvalue weighted by molar-refractivity contribution is 0.149. The molecule has 2 heterocycles. The van der Waals surface area contributed by atoms with E-state index in [1.165, 1.54) is 37.1 Å². The Balaban J connectivity index is 0.00000126. The minimum Gasteiger partial charge on any atom is -0.301 e. The lowest BCUT2D eigenvalue weighted by atomic mass is 9.90. The Morgan fingerprint density at radius 2 is 1.63 bits per heavy atom. The maximum Gasteiger partial charge on any atom is 0.159 e. The first-order valence-corrected chi connectivity index (χ1v) is 10.7. The molecular formula is C24H37N3. The Morgan fingerprint density at radius 3 is 2.19 bits per heavy atom. The second kappa shape index (κ2) is 10.6. The fourth-order valence-corrected chi connectivity index (χ4v) is 3.65. The molecule has 1 aromatic carbocycles. The van der Waals surface area contributed by atoms with Gasteiger partial charge in [0.15, 0.2) is 5.82 Å². The van der Waals surface area contributed by atoms with E-state index in [9.17, 15) is 0 Å². The van der Waals surface area contributed by atoms with Crippen molar-refractivity contribution in [3.8, 4) is 11.4 Å². The quantitative estimate of drug-likeness (QED) is 0.653. The van der Waals surface area contributed by atoms with Gasteiger partial charge in [0.25, 0.3) is 0 Å². The number of aromatic nitrogens is 2. The van der Waals surface area contributed by atoms with Gasteiger partial charge in [0.05, 0.1) is 0 Å². The van der Waals surface area contributed by atoms with Gasteiger partial charge in [-0.15, -0.1) is 0 Å². The third kappa shape index (κ3) is 6.14. The number of piperidine rings is 1. The van der Waals surface area contributed by atoms with E-state index in [0.29, 0.717) is 12.0 Å². The number of rotatable bonds is 5. The summed E-state index contributed by atoms with van der Waals surface area (Å²) in [6.45, 7) is 15.5. The zero-order valence-corrected chi connectivity index (χ0v) is 18.1. The molecule has 3 heteroatoms. The SMILES string of the molecule is CC.CC(C)c1cccc(-c2ncc(CC3CCN(C(C)C)CC3)cn2)c1. The first-order chi connectivity index (χ1) is 13.0. The molecule has 0 bridgehead atoms. The minimum atomic E-state index is 0.524. The van der Waals surface area contributed by atoms with Crippen LogP contribution in [-0.4, -0.2) is 34.0 Å². The van der Waals surface area contributed by atoms with E-state index in [4.69, 9.17) is 0 Å². The number of benzene rings is 1. The molecule has 0 spiro atoms. The predicted molar refractivity (Wildman–Crippen MR) is 116 cm³/mol. The molecule has 27 heavy (non-hydrogen) atoms. The molecular weight excluding hydrogens is 330 g/mol. The summed E-state index contributed by atoms with van der Waals surface area (Å²) in [7, 11) is 0. The average molecular weight is 368 g/mol. The van der Waals surface area contributed by atoms with Crippen molar-refractivity contribution >= 4 is 0 Å². The van der Waals surface area contributed by atoms with E-state index in [-0.39, 0.29) is 0 Å². The lowest BCUT2D eigenvalue weighted by Crippen LogP contribution is -2.38. The lowest BCUT2D eigenvalue weighted by Gasteiger charge is -2.34. The molecule has 2 aromatic rings. The summed E-state index contributed by atoms with van der Waals surface area (Å²) in [4.78, 5) is 11.9. The first kappa shape index (κ1) is 21.6. The predicted octanol–water partition coefficient (Wildman–Crippen LogP) is 5.96. The Morgan fingerprint density at radius 1 is 1.00 bits per heavy atom. The van der Waals surface area contributed by atoms with Crippen LogP contribution in [0.1, 0.15) is 71.4 Å². The van der Waals surface area contributed by atoms with E-state index >= 15 is 0 Å². The molecule has 0 unspecified atom stereocenters. The van der Waals surface area contributed by atoms with Crippen LogP contribution >= 0.6 is 0 Å². The highest BCUT2D eigenvalue weighted by atomic mass is 15.1. The molecule has 0 atom stereocenters. The van der Waals surface area contributed by atoms with Crippen LogP contribution in [0.5, 0.6) is 0 Å². The zero-order chi connectivity index (χ0) is 19.8. The van der Waals surface area contributed by atoms with Crippen molar-refractivity contribution in [2.75, 3.05) is 13.1 Å². The van der Waals surface area contributed by atoms with Crippen LogP contribution < -0.4 is 0 Å². The van der Waals surface area contributed by atoms with Gasteiger partial charge in [0.2, 0.25) is 0 Å². The summed E-state index contributed by atoms with van der Waals surface area (Å²) >= 11 is 0. The van der Waals surface area contributed by atoms with Gasteiger partial charge in [-0.3, -0.25) is 0 Å². The average Bonchev–Trinajstić information content (AvgIpc) is 2.70. The normalized spacial score (nSPS) is 15.7. The molecule has 0 N–H and O–H groups in total. The molecule has 148 valence electrons. The third-order valence-electron chi connectivity index (χ3n) is 5.42. The van der Waals surface area contributed by atoms with Gasteiger partial charge in [-0.2, -0.15) is 0 Å². The van der Waals surface area contributed by atoms with Crippen molar-refractivity contribution in [2.45, 2.75) is 72.8 Å². The molecule has 1 aliphatic heterocycles. The van der Waals surface area contributed by atoms with E-state index in [0.717, 1.165) is 23.7 Å². The van der Waals surface area contributed by atoms with Gasteiger partial charge in [0, 0.05) is 24.0 Å². The number of hydrogen-bond acceptors (Lipinski definition) is 3. The second-order valence-electron chi connectivity index (χ2n) is 7.97. The fourth-order valence-electron chi connectivity index (χ4n) is 3.65. The van der Waals surface area contributed by atoms with Gasteiger partial charge in [-0.05, 0) is 75.2 Å². The van der Waals surface area contributed by atoms with Crippen LogP contribution in [0.2, 0.25) is 0 Å². The smallest absolute Gasteiger partial charge is 0.159 e. The number of hydrogen-bond donors (Lipinski definition) is 0. The van der Waals surface area contributed by atoms with Crippen LogP contribution in [0.25, 0.3) is 11.4 Å². The maximum absolute atomic E-state index is 4.64.